The van der Waals surface area contributed by atoms with Crippen LogP contribution in [-0.2, 0) is 19.6 Å². The second-order valence-electron chi connectivity index (χ2n) is 7.75. The van der Waals surface area contributed by atoms with Crippen molar-refractivity contribution in [2.24, 2.45) is 0 Å². The topological polar surface area (TPSA) is 125 Å². The molecule has 1 aliphatic rings. The van der Waals surface area contributed by atoms with Gasteiger partial charge >= 0.3 is 6.18 Å². The van der Waals surface area contributed by atoms with Crippen LogP contribution >= 0.6 is 11.6 Å². The molecule has 9 nitrogen and oxygen atoms in total. The zero-order valence-electron chi connectivity index (χ0n) is 18.2. The standard InChI is InChI=1S/C21H21ClF3N3O6S/c1-20(31,21(23,24)25)19(30)26-17-7-6-15(12-16(17)22)35(32,33)27-14-4-2-13(3-5-14)18(29)28-8-10-34-11-9-28/h2-7,12,27,31H,8-11H2,1H3,(H,26,30)/t20-/m1/s1. The van der Waals surface area contributed by atoms with Crippen LogP contribution < -0.4 is 10.0 Å². The minimum atomic E-state index is -5.24. The molecule has 1 heterocycles. The number of amides is 2. The highest BCUT2D eigenvalue weighted by Crippen LogP contribution is 2.33. The minimum absolute atomic E-state index is 0.151. The summed E-state index contributed by atoms with van der Waals surface area (Å²) in [7, 11) is -4.17. The van der Waals surface area contributed by atoms with Crippen LogP contribution in [0.1, 0.15) is 17.3 Å². The minimum Gasteiger partial charge on any atom is -0.378 e. The van der Waals surface area contributed by atoms with E-state index in [-0.39, 0.29) is 34.1 Å². The Bertz CT molecular complexity index is 1210. The summed E-state index contributed by atoms with van der Waals surface area (Å²) < 4.78 is 71.4. The van der Waals surface area contributed by atoms with Gasteiger partial charge in [-0.05, 0) is 49.4 Å². The molecule has 3 N–H and O–H groups in total. The van der Waals surface area contributed by atoms with E-state index in [1.807, 2.05) is 5.32 Å². The first-order chi connectivity index (χ1) is 16.2. The zero-order chi connectivity index (χ0) is 26.0. The van der Waals surface area contributed by atoms with E-state index in [9.17, 15) is 36.3 Å². The van der Waals surface area contributed by atoms with Gasteiger partial charge in [0, 0.05) is 24.3 Å². The lowest BCUT2D eigenvalue weighted by Crippen LogP contribution is -2.52. The van der Waals surface area contributed by atoms with Gasteiger partial charge in [-0.2, -0.15) is 13.2 Å². The maximum absolute atomic E-state index is 12.8. The quantitative estimate of drug-likeness (QED) is 0.522. The Balaban J connectivity index is 1.71. The van der Waals surface area contributed by atoms with Crippen molar-refractivity contribution in [1.82, 2.24) is 4.90 Å². The molecule has 1 aliphatic heterocycles. The van der Waals surface area contributed by atoms with E-state index in [0.29, 0.717) is 31.9 Å². The molecule has 0 aliphatic carbocycles. The molecule has 2 aromatic rings. The van der Waals surface area contributed by atoms with E-state index < -0.39 is 27.7 Å². The van der Waals surface area contributed by atoms with Gasteiger partial charge in [0.25, 0.3) is 21.8 Å². The summed E-state index contributed by atoms with van der Waals surface area (Å²) in [6.07, 6.45) is -5.24. The largest absolute Gasteiger partial charge is 0.426 e. The van der Waals surface area contributed by atoms with Gasteiger partial charge in [-0.25, -0.2) is 8.42 Å². The Morgan fingerprint density at radius 3 is 2.23 bits per heavy atom. The number of alkyl halides is 3. The van der Waals surface area contributed by atoms with Crippen LogP contribution in [0, 0.1) is 0 Å². The first-order valence-corrected chi connectivity index (χ1v) is 12.0. The summed E-state index contributed by atoms with van der Waals surface area (Å²) in [6, 6.07) is 8.68. The lowest BCUT2D eigenvalue weighted by Gasteiger charge is -2.26. The van der Waals surface area contributed by atoms with Gasteiger partial charge in [0.2, 0.25) is 5.60 Å². The van der Waals surface area contributed by atoms with E-state index in [1.54, 1.807) is 4.90 Å². The van der Waals surface area contributed by atoms with Crippen molar-refractivity contribution < 1.29 is 41.0 Å². The molecule has 190 valence electrons. The number of rotatable bonds is 6. The summed E-state index contributed by atoms with van der Waals surface area (Å²) in [6.45, 7) is 2.07. The van der Waals surface area contributed by atoms with Gasteiger partial charge < -0.3 is 20.1 Å². The van der Waals surface area contributed by atoms with Gasteiger partial charge in [0.05, 0.1) is 28.8 Å². The second kappa shape index (κ2) is 10.0. The summed E-state index contributed by atoms with van der Waals surface area (Å²) in [5.74, 6) is -2.00. The number of carbonyl (C=O) groups excluding carboxylic acids is 2. The van der Waals surface area contributed by atoms with Crippen LogP contribution in [-0.4, -0.2) is 68.3 Å². The third-order valence-corrected chi connectivity index (χ3v) is 6.87. The molecule has 1 saturated heterocycles. The van der Waals surface area contributed by atoms with Gasteiger partial charge in [0.15, 0.2) is 0 Å². The number of hydrogen-bond donors (Lipinski definition) is 3. The van der Waals surface area contributed by atoms with Crippen LogP contribution in [0.3, 0.4) is 0 Å². The van der Waals surface area contributed by atoms with Gasteiger partial charge in [-0.3, -0.25) is 14.3 Å². The number of carbonyl (C=O) groups is 2. The number of morpholine rings is 1. The maximum Gasteiger partial charge on any atom is 0.426 e. The fourth-order valence-corrected chi connectivity index (χ4v) is 4.36. The molecule has 0 aromatic heterocycles. The molecular formula is C21H21ClF3N3O6S. The summed E-state index contributed by atoms with van der Waals surface area (Å²) in [5.41, 5.74) is -3.49. The SMILES string of the molecule is C[C@@](O)(C(=O)Nc1ccc(S(=O)(=O)Nc2ccc(C(=O)N3CCOCC3)cc2)cc1Cl)C(F)(F)F. The Labute approximate surface area is 203 Å². The van der Waals surface area contributed by atoms with Gasteiger partial charge in [0.1, 0.15) is 0 Å². The molecule has 1 atom stereocenters. The number of aliphatic hydroxyl groups is 1. The number of ether oxygens (including phenoxy) is 1. The lowest BCUT2D eigenvalue weighted by molar-refractivity contribution is -0.242. The van der Waals surface area contributed by atoms with E-state index in [1.165, 1.54) is 24.3 Å². The normalized spacial score (nSPS) is 16.3. The zero-order valence-corrected chi connectivity index (χ0v) is 19.8. The summed E-state index contributed by atoms with van der Waals surface area (Å²) in [5, 5.41) is 10.9. The third kappa shape index (κ3) is 6.04. The lowest BCUT2D eigenvalue weighted by atomic mass is 10.1. The van der Waals surface area contributed by atoms with Crippen molar-refractivity contribution in [3.8, 4) is 0 Å². The number of benzene rings is 2. The molecule has 35 heavy (non-hydrogen) atoms. The summed E-state index contributed by atoms with van der Waals surface area (Å²) in [4.78, 5) is 25.6. The Morgan fingerprint density at radius 2 is 1.69 bits per heavy atom. The Kier molecular flexibility index (Phi) is 7.65. The first kappa shape index (κ1) is 26.7. The molecule has 1 fully saturated rings. The molecule has 14 heteroatoms. The van der Waals surface area contributed by atoms with Crippen LogP contribution in [0.15, 0.2) is 47.4 Å². The van der Waals surface area contributed by atoms with Crippen molar-refractivity contribution in [2.45, 2.75) is 23.6 Å². The van der Waals surface area contributed by atoms with E-state index in [2.05, 4.69) is 4.72 Å². The average molecular weight is 536 g/mol. The van der Waals surface area contributed by atoms with E-state index in [4.69, 9.17) is 16.3 Å². The second-order valence-corrected chi connectivity index (χ2v) is 9.84. The highest BCUT2D eigenvalue weighted by molar-refractivity contribution is 7.92. The first-order valence-electron chi connectivity index (χ1n) is 10.1. The monoisotopic (exact) mass is 535 g/mol. The number of halogens is 4. The van der Waals surface area contributed by atoms with Crippen LogP contribution in [0.5, 0.6) is 0 Å². The fraction of sp³-hybridized carbons (Fsp3) is 0.333. The van der Waals surface area contributed by atoms with Crippen molar-refractivity contribution in [3.63, 3.8) is 0 Å². The van der Waals surface area contributed by atoms with Crippen molar-refractivity contribution in [3.05, 3.63) is 53.1 Å². The van der Waals surface area contributed by atoms with Crippen LogP contribution in [0.4, 0.5) is 24.5 Å². The van der Waals surface area contributed by atoms with Crippen LogP contribution in [0.2, 0.25) is 5.02 Å². The molecule has 0 radical (unpaired) electrons. The molecule has 2 aromatic carbocycles. The van der Waals surface area contributed by atoms with Crippen molar-refractivity contribution in [2.75, 3.05) is 36.3 Å². The Morgan fingerprint density at radius 1 is 1.09 bits per heavy atom. The smallest absolute Gasteiger partial charge is 0.378 e. The number of anilines is 2. The summed E-state index contributed by atoms with van der Waals surface area (Å²) >= 11 is 5.96. The molecule has 0 saturated carbocycles. The van der Waals surface area contributed by atoms with Gasteiger partial charge in [-0.1, -0.05) is 11.6 Å². The number of hydrogen-bond acceptors (Lipinski definition) is 6. The van der Waals surface area contributed by atoms with Crippen molar-refractivity contribution in [1.29, 1.82) is 0 Å². The maximum atomic E-state index is 12.8. The fourth-order valence-electron chi connectivity index (χ4n) is 2.98. The highest BCUT2D eigenvalue weighted by Gasteiger charge is 2.55. The predicted molar refractivity (Wildman–Crippen MR) is 121 cm³/mol. The average Bonchev–Trinajstić information content (AvgIpc) is 2.80. The number of sulfonamides is 1. The van der Waals surface area contributed by atoms with Crippen molar-refractivity contribution >= 4 is 44.8 Å². The molecule has 0 bridgehead atoms. The highest BCUT2D eigenvalue weighted by atomic mass is 35.5. The Hall–Kier alpha value is -2.87. The molecule has 0 unspecified atom stereocenters. The van der Waals surface area contributed by atoms with Crippen LogP contribution in [0.25, 0.3) is 0 Å². The van der Waals surface area contributed by atoms with E-state index in [0.717, 1.165) is 18.2 Å². The number of nitrogens with zero attached hydrogens (tertiary/aromatic N) is 1. The van der Waals surface area contributed by atoms with E-state index >= 15 is 0 Å². The predicted octanol–water partition coefficient (Wildman–Crippen LogP) is 2.87. The molecule has 2 amide bonds. The third-order valence-electron chi connectivity index (χ3n) is 5.18. The van der Waals surface area contributed by atoms with Gasteiger partial charge in [-0.15, -0.1) is 0 Å². The molecular weight excluding hydrogens is 515 g/mol. The number of nitrogens with one attached hydrogen (secondary N) is 2. The molecule has 0 spiro atoms. The molecule has 3 rings (SSSR count).